The highest BCUT2D eigenvalue weighted by Gasteiger charge is 2.30. The SMILES string of the molecule is Cc1nc(Cl)c(C)c(N2CCCN3CCCC3C2)n1. The van der Waals surface area contributed by atoms with Crippen molar-refractivity contribution in [1.82, 2.24) is 14.9 Å². The van der Waals surface area contributed by atoms with Crippen molar-refractivity contribution in [3.63, 3.8) is 0 Å². The van der Waals surface area contributed by atoms with Gasteiger partial charge in [0.2, 0.25) is 0 Å². The molecule has 0 aromatic carbocycles. The number of halogens is 1. The summed E-state index contributed by atoms with van der Waals surface area (Å²) in [4.78, 5) is 13.9. The minimum Gasteiger partial charge on any atom is -0.355 e. The van der Waals surface area contributed by atoms with Gasteiger partial charge in [-0.3, -0.25) is 4.90 Å². The van der Waals surface area contributed by atoms with Gasteiger partial charge in [0, 0.05) is 31.2 Å². The van der Waals surface area contributed by atoms with Gasteiger partial charge in [-0.15, -0.1) is 0 Å². The van der Waals surface area contributed by atoms with Crippen LogP contribution in [0.2, 0.25) is 5.15 Å². The number of nitrogens with zero attached hydrogens (tertiary/aromatic N) is 4. The second-order valence-electron chi connectivity index (χ2n) is 5.64. The van der Waals surface area contributed by atoms with E-state index < -0.39 is 0 Å². The van der Waals surface area contributed by atoms with E-state index in [0.717, 1.165) is 30.3 Å². The second kappa shape index (κ2) is 5.25. The third-order valence-electron chi connectivity index (χ3n) is 4.28. The first-order valence-electron chi connectivity index (χ1n) is 7.15. The van der Waals surface area contributed by atoms with Crippen LogP contribution in [0.4, 0.5) is 5.82 Å². The quantitative estimate of drug-likeness (QED) is 0.740. The van der Waals surface area contributed by atoms with Crippen LogP contribution in [0, 0.1) is 13.8 Å². The van der Waals surface area contributed by atoms with Crippen molar-refractivity contribution < 1.29 is 0 Å². The lowest BCUT2D eigenvalue weighted by Gasteiger charge is -2.27. The Bertz CT molecular complexity index is 477. The van der Waals surface area contributed by atoms with Crippen molar-refractivity contribution in [3.8, 4) is 0 Å². The fourth-order valence-corrected chi connectivity index (χ4v) is 3.49. The third-order valence-corrected chi connectivity index (χ3v) is 4.64. The van der Waals surface area contributed by atoms with Gasteiger partial charge in [0.05, 0.1) is 0 Å². The van der Waals surface area contributed by atoms with Crippen LogP contribution < -0.4 is 4.90 Å². The van der Waals surface area contributed by atoms with Gasteiger partial charge in [0.25, 0.3) is 0 Å². The van der Waals surface area contributed by atoms with Crippen LogP contribution in [-0.2, 0) is 0 Å². The Morgan fingerprint density at radius 2 is 1.89 bits per heavy atom. The summed E-state index contributed by atoms with van der Waals surface area (Å²) < 4.78 is 0. The Balaban J connectivity index is 1.88. The fourth-order valence-electron chi connectivity index (χ4n) is 3.29. The van der Waals surface area contributed by atoms with E-state index in [0.29, 0.717) is 11.2 Å². The molecular weight excluding hydrogens is 260 g/mol. The molecule has 0 bridgehead atoms. The molecule has 0 N–H and O–H groups in total. The normalized spacial score (nSPS) is 24.4. The summed E-state index contributed by atoms with van der Waals surface area (Å²) in [5, 5.41) is 0.593. The van der Waals surface area contributed by atoms with Gasteiger partial charge in [0.1, 0.15) is 16.8 Å². The van der Waals surface area contributed by atoms with E-state index in [-0.39, 0.29) is 0 Å². The maximum Gasteiger partial charge on any atom is 0.137 e. The van der Waals surface area contributed by atoms with Crippen molar-refractivity contribution in [2.75, 3.05) is 31.1 Å². The lowest BCUT2D eigenvalue weighted by atomic mass is 10.2. The number of aromatic nitrogens is 2. The Morgan fingerprint density at radius 1 is 1.11 bits per heavy atom. The smallest absolute Gasteiger partial charge is 0.137 e. The van der Waals surface area contributed by atoms with E-state index in [9.17, 15) is 0 Å². The summed E-state index contributed by atoms with van der Waals surface area (Å²) in [6.07, 6.45) is 3.85. The molecule has 3 heterocycles. The van der Waals surface area contributed by atoms with Crippen molar-refractivity contribution in [1.29, 1.82) is 0 Å². The zero-order valence-electron chi connectivity index (χ0n) is 11.7. The van der Waals surface area contributed by atoms with Gasteiger partial charge in [-0.1, -0.05) is 11.6 Å². The molecule has 1 aromatic heterocycles. The van der Waals surface area contributed by atoms with E-state index >= 15 is 0 Å². The predicted molar refractivity (Wildman–Crippen MR) is 77.9 cm³/mol. The molecule has 5 heteroatoms. The van der Waals surface area contributed by atoms with Crippen molar-refractivity contribution >= 4 is 17.4 Å². The molecule has 1 unspecified atom stereocenters. The molecule has 0 amide bonds. The summed E-state index contributed by atoms with van der Waals surface area (Å²) in [6, 6.07) is 0.691. The largest absolute Gasteiger partial charge is 0.355 e. The van der Waals surface area contributed by atoms with Crippen LogP contribution in [0.25, 0.3) is 0 Å². The highest BCUT2D eigenvalue weighted by atomic mass is 35.5. The molecule has 19 heavy (non-hydrogen) atoms. The first-order valence-corrected chi connectivity index (χ1v) is 7.52. The summed E-state index contributed by atoms with van der Waals surface area (Å²) in [5.41, 5.74) is 1.01. The molecule has 1 aromatic rings. The number of fused-ring (bicyclic) bond motifs is 1. The average Bonchev–Trinajstić information content (AvgIpc) is 2.71. The van der Waals surface area contributed by atoms with Crippen LogP contribution in [0.5, 0.6) is 0 Å². The summed E-state index contributed by atoms with van der Waals surface area (Å²) >= 11 is 6.20. The first-order chi connectivity index (χ1) is 9.15. The van der Waals surface area contributed by atoms with Gasteiger partial charge in [0.15, 0.2) is 0 Å². The number of hydrogen-bond acceptors (Lipinski definition) is 4. The van der Waals surface area contributed by atoms with E-state index in [4.69, 9.17) is 11.6 Å². The number of aryl methyl sites for hydroxylation is 1. The molecule has 104 valence electrons. The van der Waals surface area contributed by atoms with E-state index in [1.807, 2.05) is 13.8 Å². The van der Waals surface area contributed by atoms with Gasteiger partial charge in [-0.2, -0.15) is 0 Å². The van der Waals surface area contributed by atoms with Crippen LogP contribution in [0.3, 0.4) is 0 Å². The number of rotatable bonds is 1. The number of anilines is 1. The molecule has 0 radical (unpaired) electrons. The Kier molecular flexibility index (Phi) is 3.63. The molecule has 0 aliphatic carbocycles. The average molecular weight is 281 g/mol. The molecule has 2 aliphatic heterocycles. The van der Waals surface area contributed by atoms with Crippen LogP contribution >= 0.6 is 11.6 Å². The molecule has 2 saturated heterocycles. The minimum absolute atomic E-state index is 0.593. The molecule has 2 fully saturated rings. The Hall–Kier alpha value is -0.870. The van der Waals surface area contributed by atoms with Crippen LogP contribution in [0.15, 0.2) is 0 Å². The highest BCUT2D eigenvalue weighted by molar-refractivity contribution is 6.30. The van der Waals surface area contributed by atoms with Crippen LogP contribution in [-0.4, -0.2) is 47.1 Å². The Labute approximate surface area is 119 Å². The lowest BCUT2D eigenvalue weighted by molar-refractivity contribution is 0.273. The monoisotopic (exact) mass is 280 g/mol. The molecule has 0 spiro atoms. The maximum absolute atomic E-state index is 6.20. The standard InChI is InChI=1S/C14H21ClN4/c1-10-13(15)16-11(2)17-14(10)19-8-4-7-18-6-3-5-12(18)9-19/h12H,3-9H2,1-2H3. The summed E-state index contributed by atoms with van der Waals surface area (Å²) in [7, 11) is 0. The predicted octanol–water partition coefficient (Wildman–Crippen LogP) is 2.42. The summed E-state index contributed by atoms with van der Waals surface area (Å²) in [5.74, 6) is 1.80. The van der Waals surface area contributed by atoms with Gasteiger partial charge < -0.3 is 4.90 Å². The minimum atomic E-state index is 0.593. The number of hydrogen-bond donors (Lipinski definition) is 0. The molecule has 1 atom stereocenters. The molecule has 4 nitrogen and oxygen atoms in total. The second-order valence-corrected chi connectivity index (χ2v) is 6.00. The van der Waals surface area contributed by atoms with Gasteiger partial charge >= 0.3 is 0 Å². The first kappa shape index (κ1) is 13.1. The van der Waals surface area contributed by atoms with E-state index in [1.54, 1.807) is 0 Å². The third kappa shape index (κ3) is 2.56. The topological polar surface area (TPSA) is 32.3 Å². The molecule has 3 rings (SSSR count). The molecule has 2 aliphatic rings. The zero-order chi connectivity index (χ0) is 13.4. The van der Waals surface area contributed by atoms with Crippen molar-refractivity contribution in [2.45, 2.75) is 39.2 Å². The lowest BCUT2D eigenvalue weighted by Crippen LogP contribution is -2.37. The van der Waals surface area contributed by atoms with E-state index in [1.165, 1.54) is 32.4 Å². The Morgan fingerprint density at radius 3 is 2.74 bits per heavy atom. The van der Waals surface area contributed by atoms with Crippen molar-refractivity contribution in [2.24, 2.45) is 0 Å². The maximum atomic E-state index is 6.20. The molecule has 0 saturated carbocycles. The highest BCUT2D eigenvalue weighted by Crippen LogP contribution is 2.28. The summed E-state index contributed by atoms with van der Waals surface area (Å²) in [6.45, 7) is 8.57. The zero-order valence-corrected chi connectivity index (χ0v) is 12.4. The van der Waals surface area contributed by atoms with Crippen LogP contribution in [0.1, 0.15) is 30.7 Å². The van der Waals surface area contributed by atoms with Crippen molar-refractivity contribution in [3.05, 3.63) is 16.5 Å². The van der Waals surface area contributed by atoms with Gasteiger partial charge in [-0.25, -0.2) is 9.97 Å². The molecular formula is C14H21ClN4. The fraction of sp³-hybridized carbons (Fsp3) is 0.714. The van der Waals surface area contributed by atoms with E-state index in [2.05, 4.69) is 19.8 Å². The van der Waals surface area contributed by atoms with Gasteiger partial charge in [-0.05, 0) is 39.7 Å².